The van der Waals surface area contributed by atoms with Crippen LogP contribution in [-0.2, 0) is 16.6 Å². The van der Waals surface area contributed by atoms with Crippen LogP contribution >= 0.6 is 0 Å². The quantitative estimate of drug-likeness (QED) is 0.643. The Labute approximate surface area is 102 Å². The summed E-state index contributed by atoms with van der Waals surface area (Å²) in [5, 5.41) is 12.6. The van der Waals surface area contributed by atoms with Gasteiger partial charge in [0.05, 0.1) is 6.26 Å². The third-order valence-corrected chi connectivity index (χ3v) is 2.94. The highest BCUT2D eigenvalue weighted by Gasteiger charge is 2.01. The molecule has 3 N–H and O–H groups in total. The minimum atomic E-state index is -3.12. The van der Waals surface area contributed by atoms with Crippen LogP contribution in [0.3, 0.4) is 0 Å². The normalized spacial score (nSPS) is 11.6. The fourth-order valence-electron chi connectivity index (χ4n) is 1.40. The first-order valence-electron chi connectivity index (χ1n) is 5.32. The Morgan fingerprint density at radius 2 is 2.00 bits per heavy atom. The Hall–Kier alpha value is -1.11. The van der Waals surface area contributed by atoms with Gasteiger partial charge in [0, 0.05) is 25.2 Å². The van der Waals surface area contributed by atoms with Crippen LogP contribution in [-0.4, -0.2) is 32.9 Å². The van der Waals surface area contributed by atoms with Crippen LogP contribution in [0.5, 0.6) is 5.75 Å². The third-order valence-electron chi connectivity index (χ3n) is 2.22. The summed E-state index contributed by atoms with van der Waals surface area (Å²) in [4.78, 5) is 0. The molecule has 0 saturated heterocycles. The van der Waals surface area contributed by atoms with Gasteiger partial charge in [-0.3, -0.25) is 0 Å². The van der Waals surface area contributed by atoms with Gasteiger partial charge in [-0.05, 0) is 13.0 Å². The summed E-state index contributed by atoms with van der Waals surface area (Å²) in [5.41, 5.74) is 1.89. The maximum Gasteiger partial charge on any atom is 0.208 e. The largest absolute Gasteiger partial charge is 0.508 e. The van der Waals surface area contributed by atoms with Crippen molar-refractivity contribution < 1.29 is 13.5 Å². The molecule has 0 aromatic heterocycles. The van der Waals surface area contributed by atoms with E-state index in [2.05, 4.69) is 10.0 Å². The van der Waals surface area contributed by atoms with Crippen molar-refractivity contribution in [3.63, 3.8) is 0 Å². The van der Waals surface area contributed by atoms with Crippen molar-refractivity contribution in [2.24, 2.45) is 0 Å². The predicted octanol–water partition coefficient (Wildman–Crippen LogP) is 0.339. The van der Waals surface area contributed by atoms with E-state index in [1.807, 2.05) is 19.1 Å². The van der Waals surface area contributed by atoms with Gasteiger partial charge in [0.15, 0.2) is 0 Å². The second kappa shape index (κ2) is 6.00. The van der Waals surface area contributed by atoms with Crippen molar-refractivity contribution in [1.29, 1.82) is 0 Å². The number of benzene rings is 1. The van der Waals surface area contributed by atoms with Gasteiger partial charge in [-0.1, -0.05) is 17.7 Å². The number of phenols is 1. The SMILES string of the molecule is Cc1ccc(O)c(CNCCNS(C)(=O)=O)c1. The van der Waals surface area contributed by atoms with Crippen molar-refractivity contribution in [3.8, 4) is 5.75 Å². The fraction of sp³-hybridized carbons (Fsp3) is 0.455. The topological polar surface area (TPSA) is 78.4 Å². The van der Waals surface area contributed by atoms with E-state index < -0.39 is 10.0 Å². The van der Waals surface area contributed by atoms with Gasteiger partial charge in [0.1, 0.15) is 5.75 Å². The van der Waals surface area contributed by atoms with Crippen LogP contribution in [0.1, 0.15) is 11.1 Å². The van der Waals surface area contributed by atoms with Crippen molar-refractivity contribution in [2.45, 2.75) is 13.5 Å². The van der Waals surface area contributed by atoms with E-state index >= 15 is 0 Å². The minimum absolute atomic E-state index is 0.249. The molecule has 1 aromatic rings. The molecule has 6 heteroatoms. The molecule has 96 valence electrons. The maximum atomic E-state index is 10.8. The molecule has 0 spiro atoms. The highest BCUT2D eigenvalue weighted by molar-refractivity contribution is 7.88. The molecule has 0 heterocycles. The molecule has 0 unspecified atom stereocenters. The molecule has 1 rings (SSSR count). The summed E-state index contributed by atoms with van der Waals surface area (Å²) in [5.74, 6) is 0.249. The molecule has 0 amide bonds. The van der Waals surface area contributed by atoms with Crippen molar-refractivity contribution in [2.75, 3.05) is 19.3 Å². The average Bonchev–Trinajstić information content (AvgIpc) is 2.21. The van der Waals surface area contributed by atoms with Gasteiger partial charge in [-0.2, -0.15) is 0 Å². The molecule has 5 nitrogen and oxygen atoms in total. The molecule has 0 aliphatic carbocycles. The van der Waals surface area contributed by atoms with Crippen LogP contribution in [0, 0.1) is 6.92 Å². The molecule has 0 saturated carbocycles. The maximum absolute atomic E-state index is 10.8. The Bertz CT molecular complexity index is 472. The Balaban J connectivity index is 2.34. The van der Waals surface area contributed by atoms with Crippen LogP contribution in [0.2, 0.25) is 0 Å². The number of aryl methyl sites for hydroxylation is 1. The van der Waals surface area contributed by atoms with Gasteiger partial charge in [-0.25, -0.2) is 13.1 Å². The van der Waals surface area contributed by atoms with E-state index in [0.29, 0.717) is 19.6 Å². The number of rotatable bonds is 6. The van der Waals surface area contributed by atoms with Crippen LogP contribution < -0.4 is 10.0 Å². The van der Waals surface area contributed by atoms with Gasteiger partial charge in [0.2, 0.25) is 10.0 Å². The molecule has 0 atom stereocenters. The highest BCUT2D eigenvalue weighted by Crippen LogP contribution is 2.17. The summed E-state index contributed by atoms with van der Waals surface area (Å²) >= 11 is 0. The molecular formula is C11H18N2O3S. The zero-order chi connectivity index (χ0) is 12.9. The lowest BCUT2D eigenvalue weighted by Gasteiger charge is -2.08. The molecule has 0 aliphatic rings. The first-order chi connectivity index (χ1) is 7.88. The molecule has 17 heavy (non-hydrogen) atoms. The monoisotopic (exact) mass is 258 g/mol. The molecule has 0 fully saturated rings. The number of phenolic OH excluding ortho intramolecular Hbond substituents is 1. The lowest BCUT2D eigenvalue weighted by molar-refractivity contribution is 0.464. The fourth-order valence-corrected chi connectivity index (χ4v) is 1.88. The Morgan fingerprint density at radius 1 is 1.29 bits per heavy atom. The van der Waals surface area contributed by atoms with E-state index in [4.69, 9.17) is 0 Å². The summed E-state index contributed by atoms with van der Waals surface area (Å²) in [6.45, 7) is 3.32. The number of hydrogen-bond acceptors (Lipinski definition) is 4. The molecule has 1 aromatic carbocycles. The van der Waals surface area contributed by atoms with Crippen molar-refractivity contribution >= 4 is 10.0 Å². The van der Waals surface area contributed by atoms with E-state index in [0.717, 1.165) is 17.4 Å². The lowest BCUT2D eigenvalue weighted by Crippen LogP contribution is -2.30. The van der Waals surface area contributed by atoms with Gasteiger partial charge >= 0.3 is 0 Å². The summed E-state index contributed by atoms with van der Waals surface area (Å²) in [7, 11) is -3.12. The van der Waals surface area contributed by atoms with Gasteiger partial charge in [-0.15, -0.1) is 0 Å². The molecule has 0 bridgehead atoms. The van der Waals surface area contributed by atoms with Crippen LogP contribution in [0.4, 0.5) is 0 Å². The van der Waals surface area contributed by atoms with Crippen LogP contribution in [0.25, 0.3) is 0 Å². The Morgan fingerprint density at radius 3 is 2.65 bits per heavy atom. The second-order valence-corrected chi connectivity index (χ2v) is 5.81. The van der Waals surface area contributed by atoms with E-state index in [1.54, 1.807) is 6.07 Å². The van der Waals surface area contributed by atoms with Gasteiger partial charge in [0.25, 0.3) is 0 Å². The molecule has 0 aliphatic heterocycles. The third kappa shape index (κ3) is 5.67. The Kier molecular flexibility index (Phi) is 4.92. The second-order valence-electron chi connectivity index (χ2n) is 3.98. The lowest BCUT2D eigenvalue weighted by atomic mass is 10.1. The molecule has 0 radical (unpaired) electrons. The van der Waals surface area contributed by atoms with E-state index in [-0.39, 0.29) is 5.75 Å². The predicted molar refractivity (Wildman–Crippen MR) is 67.4 cm³/mol. The summed E-state index contributed by atoms with van der Waals surface area (Å²) in [6.07, 6.45) is 1.12. The highest BCUT2D eigenvalue weighted by atomic mass is 32.2. The first-order valence-corrected chi connectivity index (χ1v) is 7.21. The zero-order valence-electron chi connectivity index (χ0n) is 10.0. The van der Waals surface area contributed by atoms with Crippen molar-refractivity contribution in [1.82, 2.24) is 10.0 Å². The molecular weight excluding hydrogens is 240 g/mol. The standard InChI is InChI=1S/C11H18N2O3S/c1-9-3-4-11(14)10(7-9)8-12-5-6-13-17(2,15)16/h3-4,7,12-14H,5-6,8H2,1-2H3. The number of sulfonamides is 1. The minimum Gasteiger partial charge on any atom is -0.508 e. The van der Waals surface area contributed by atoms with Crippen molar-refractivity contribution in [3.05, 3.63) is 29.3 Å². The average molecular weight is 258 g/mol. The number of nitrogens with one attached hydrogen (secondary N) is 2. The zero-order valence-corrected chi connectivity index (χ0v) is 10.8. The summed E-state index contributed by atoms with van der Waals surface area (Å²) in [6, 6.07) is 5.39. The van der Waals surface area contributed by atoms with E-state index in [1.165, 1.54) is 0 Å². The van der Waals surface area contributed by atoms with Crippen LogP contribution in [0.15, 0.2) is 18.2 Å². The van der Waals surface area contributed by atoms with E-state index in [9.17, 15) is 13.5 Å². The smallest absolute Gasteiger partial charge is 0.208 e. The first kappa shape index (κ1) is 14.0. The number of hydrogen-bond donors (Lipinski definition) is 3. The summed E-state index contributed by atoms with van der Waals surface area (Å²) < 4.78 is 23.9. The van der Waals surface area contributed by atoms with Gasteiger partial charge < -0.3 is 10.4 Å². The number of aromatic hydroxyl groups is 1.